The van der Waals surface area contributed by atoms with Crippen molar-refractivity contribution in [1.82, 2.24) is 9.55 Å². The number of nitrogens with zero attached hydrogens (tertiary/aromatic N) is 2. The minimum absolute atomic E-state index is 0.0600. The predicted molar refractivity (Wildman–Crippen MR) is 73.2 cm³/mol. The lowest BCUT2D eigenvalue weighted by atomic mass is 10.2. The van der Waals surface area contributed by atoms with E-state index in [4.69, 9.17) is 5.11 Å². The topological polar surface area (TPSA) is 67.2 Å². The van der Waals surface area contributed by atoms with Crippen molar-refractivity contribution in [3.8, 4) is 0 Å². The fourth-order valence-electron chi connectivity index (χ4n) is 2.73. The molecule has 0 amide bonds. The van der Waals surface area contributed by atoms with Crippen LogP contribution in [0.2, 0.25) is 0 Å². The van der Waals surface area contributed by atoms with Crippen LogP contribution in [0.25, 0.3) is 11.0 Å². The Morgan fingerprint density at radius 2 is 2.11 bits per heavy atom. The van der Waals surface area contributed by atoms with Gasteiger partial charge in [-0.2, -0.15) is 0 Å². The molecule has 1 fully saturated rings. The van der Waals surface area contributed by atoms with E-state index in [1.807, 2.05) is 24.3 Å². The van der Waals surface area contributed by atoms with Crippen molar-refractivity contribution < 1.29 is 9.90 Å². The van der Waals surface area contributed by atoms with Crippen LogP contribution in [-0.2, 0) is 11.3 Å². The number of aromatic nitrogens is 2. The molecular weight excluding hydrogens is 242 g/mol. The average molecular weight is 259 g/mol. The molecule has 1 aromatic heterocycles. The average Bonchev–Trinajstić information content (AvgIpc) is 2.99. The third-order valence-corrected chi connectivity index (χ3v) is 3.64. The zero-order chi connectivity index (χ0) is 13.2. The fraction of sp³-hybridized carbons (Fsp3) is 0.429. The normalized spacial score (nSPS) is 16.0. The monoisotopic (exact) mass is 259 g/mol. The van der Waals surface area contributed by atoms with Gasteiger partial charge < -0.3 is 10.4 Å². The highest BCUT2D eigenvalue weighted by Gasteiger charge is 2.19. The molecule has 0 radical (unpaired) electrons. The van der Waals surface area contributed by atoms with Crippen LogP contribution < -0.4 is 5.32 Å². The van der Waals surface area contributed by atoms with Crippen LogP contribution in [0.3, 0.4) is 0 Å². The summed E-state index contributed by atoms with van der Waals surface area (Å²) in [6.45, 7) is -0.0600. The van der Waals surface area contributed by atoms with Crippen molar-refractivity contribution >= 4 is 23.0 Å². The van der Waals surface area contributed by atoms with Gasteiger partial charge in [-0.3, -0.25) is 9.36 Å². The molecule has 1 aromatic carbocycles. The van der Waals surface area contributed by atoms with E-state index >= 15 is 0 Å². The van der Waals surface area contributed by atoms with Gasteiger partial charge in [0.05, 0.1) is 11.0 Å². The molecule has 1 saturated carbocycles. The lowest BCUT2D eigenvalue weighted by molar-refractivity contribution is -0.137. The number of imidazole rings is 1. The van der Waals surface area contributed by atoms with E-state index in [0.717, 1.165) is 23.9 Å². The zero-order valence-electron chi connectivity index (χ0n) is 10.7. The maximum absolute atomic E-state index is 11.0. The van der Waals surface area contributed by atoms with Gasteiger partial charge in [-0.05, 0) is 25.0 Å². The third-order valence-electron chi connectivity index (χ3n) is 3.64. The number of nitrogens with one attached hydrogen (secondary N) is 1. The largest absolute Gasteiger partial charge is 0.480 e. The van der Waals surface area contributed by atoms with Gasteiger partial charge in [0, 0.05) is 6.04 Å². The Labute approximate surface area is 111 Å². The van der Waals surface area contributed by atoms with E-state index in [-0.39, 0.29) is 6.54 Å². The van der Waals surface area contributed by atoms with Crippen LogP contribution in [0.15, 0.2) is 24.3 Å². The number of hydrogen-bond acceptors (Lipinski definition) is 3. The number of aliphatic carboxylic acids is 1. The predicted octanol–water partition coefficient (Wildman–Crippen LogP) is 2.48. The first-order valence-corrected chi connectivity index (χ1v) is 6.67. The number of fused-ring (bicyclic) bond motifs is 1. The Bertz CT molecular complexity index is 600. The van der Waals surface area contributed by atoms with Crippen molar-refractivity contribution in [3.05, 3.63) is 24.3 Å². The smallest absolute Gasteiger partial charge is 0.323 e. The highest BCUT2D eigenvalue weighted by Crippen LogP contribution is 2.25. The summed E-state index contributed by atoms with van der Waals surface area (Å²) in [6, 6.07) is 8.06. The van der Waals surface area contributed by atoms with E-state index in [0.29, 0.717) is 12.0 Å². The quantitative estimate of drug-likeness (QED) is 0.885. The van der Waals surface area contributed by atoms with E-state index in [1.54, 1.807) is 4.57 Å². The molecule has 0 aliphatic heterocycles. The molecule has 0 bridgehead atoms. The van der Waals surface area contributed by atoms with Crippen LogP contribution in [0, 0.1) is 0 Å². The first-order valence-electron chi connectivity index (χ1n) is 6.67. The molecule has 0 spiro atoms. The van der Waals surface area contributed by atoms with Crippen molar-refractivity contribution in [3.63, 3.8) is 0 Å². The van der Waals surface area contributed by atoms with Gasteiger partial charge in [0.25, 0.3) is 0 Å². The minimum Gasteiger partial charge on any atom is -0.480 e. The van der Waals surface area contributed by atoms with Crippen molar-refractivity contribution in [1.29, 1.82) is 0 Å². The molecule has 100 valence electrons. The Kier molecular flexibility index (Phi) is 3.11. The number of carboxylic acid groups (broad SMARTS) is 1. The van der Waals surface area contributed by atoms with E-state index in [9.17, 15) is 4.79 Å². The molecule has 0 unspecified atom stereocenters. The summed E-state index contributed by atoms with van der Waals surface area (Å²) in [6.07, 6.45) is 4.74. The molecule has 2 N–H and O–H groups in total. The first kappa shape index (κ1) is 12.0. The SMILES string of the molecule is O=C(O)Cn1c(NC2CCCC2)nc2ccccc21. The first-order chi connectivity index (χ1) is 9.24. The molecule has 1 aliphatic rings. The number of benzene rings is 1. The van der Waals surface area contributed by atoms with E-state index < -0.39 is 5.97 Å². The standard InChI is InChI=1S/C14H17N3O2/c18-13(19)9-17-12-8-4-3-7-11(12)16-14(17)15-10-5-1-2-6-10/h3-4,7-8,10H,1-2,5-6,9H2,(H,15,16)(H,18,19). The molecule has 0 atom stereocenters. The van der Waals surface area contributed by atoms with Gasteiger partial charge >= 0.3 is 5.97 Å². The molecule has 19 heavy (non-hydrogen) atoms. The second-order valence-electron chi connectivity index (χ2n) is 5.03. The Balaban J connectivity index is 1.98. The number of anilines is 1. The number of para-hydroxylation sites is 2. The molecule has 2 aromatic rings. The third kappa shape index (κ3) is 2.41. The fourth-order valence-corrected chi connectivity index (χ4v) is 2.73. The van der Waals surface area contributed by atoms with E-state index in [1.165, 1.54) is 12.8 Å². The maximum atomic E-state index is 11.0. The summed E-state index contributed by atoms with van der Waals surface area (Å²) < 4.78 is 1.75. The van der Waals surface area contributed by atoms with Gasteiger partial charge in [0.1, 0.15) is 6.54 Å². The molecule has 1 aliphatic carbocycles. The number of rotatable bonds is 4. The van der Waals surface area contributed by atoms with Gasteiger partial charge in [0.2, 0.25) is 5.95 Å². The molecule has 5 nitrogen and oxygen atoms in total. The van der Waals surface area contributed by atoms with Crippen LogP contribution >= 0.6 is 0 Å². The van der Waals surface area contributed by atoms with E-state index in [2.05, 4.69) is 10.3 Å². The highest BCUT2D eigenvalue weighted by atomic mass is 16.4. The molecule has 5 heteroatoms. The maximum Gasteiger partial charge on any atom is 0.323 e. The molecule has 3 rings (SSSR count). The van der Waals surface area contributed by atoms with Crippen LogP contribution in [0.1, 0.15) is 25.7 Å². The van der Waals surface area contributed by atoms with Gasteiger partial charge in [-0.25, -0.2) is 4.98 Å². The number of hydrogen-bond donors (Lipinski definition) is 2. The lowest BCUT2D eigenvalue weighted by Crippen LogP contribution is -2.20. The summed E-state index contributed by atoms with van der Waals surface area (Å²) in [5, 5.41) is 12.4. The Hall–Kier alpha value is -2.04. The van der Waals surface area contributed by atoms with Crippen molar-refractivity contribution in [2.75, 3.05) is 5.32 Å². The van der Waals surface area contributed by atoms with Crippen molar-refractivity contribution in [2.45, 2.75) is 38.3 Å². The zero-order valence-corrected chi connectivity index (χ0v) is 10.7. The lowest BCUT2D eigenvalue weighted by Gasteiger charge is -2.14. The molecule has 0 saturated heterocycles. The summed E-state index contributed by atoms with van der Waals surface area (Å²) in [4.78, 5) is 15.5. The van der Waals surface area contributed by atoms with Crippen LogP contribution in [0.4, 0.5) is 5.95 Å². The second kappa shape index (κ2) is 4.91. The number of carbonyl (C=O) groups is 1. The van der Waals surface area contributed by atoms with Gasteiger partial charge in [-0.1, -0.05) is 25.0 Å². The summed E-state index contributed by atoms with van der Waals surface area (Å²) in [7, 11) is 0. The summed E-state index contributed by atoms with van der Waals surface area (Å²) in [5.41, 5.74) is 1.70. The van der Waals surface area contributed by atoms with Crippen LogP contribution in [-0.4, -0.2) is 26.7 Å². The van der Waals surface area contributed by atoms with Gasteiger partial charge in [-0.15, -0.1) is 0 Å². The minimum atomic E-state index is -0.849. The summed E-state index contributed by atoms with van der Waals surface area (Å²) in [5.74, 6) is -0.173. The van der Waals surface area contributed by atoms with Gasteiger partial charge in [0.15, 0.2) is 0 Å². The molecular formula is C14H17N3O2. The second-order valence-corrected chi connectivity index (χ2v) is 5.03. The Morgan fingerprint density at radius 3 is 2.84 bits per heavy atom. The summed E-state index contributed by atoms with van der Waals surface area (Å²) >= 11 is 0. The molecule has 1 heterocycles. The van der Waals surface area contributed by atoms with Crippen LogP contribution in [0.5, 0.6) is 0 Å². The Morgan fingerprint density at radius 1 is 1.37 bits per heavy atom. The highest BCUT2D eigenvalue weighted by molar-refractivity contribution is 5.81. The van der Waals surface area contributed by atoms with Crippen molar-refractivity contribution in [2.24, 2.45) is 0 Å². The number of carboxylic acids is 1.